The number of benzene rings is 3. The number of nitrogens with one attached hydrogen (secondary N) is 2. The van der Waals surface area contributed by atoms with Crippen molar-refractivity contribution in [1.82, 2.24) is 10.2 Å². The Morgan fingerprint density at radius 2 is 1.67 bits per heavy atom. The van der Waals surface area contributed by atoms with Gasteiger partial charge in [-0.05, 0) is 55.0 Å². The number of alkyl halides is 6. The highest BCUT2D eigenvalue weighted by molar-refractivity contribution is 6.39. The summed E-state index contributed by atoms with van der Waals surface area (Å²) in [7, 11) is 1.07. The molecule has 4 N–H and O–H groups in total. The molecular weight excluding hydrogens is 819 g/mol. The molecule has 0 aliphatic carbocycles. The van der Waals surface area contributed by atoms with Crippen molar-refractivity contribution in [2.75, 3.05) is 50.2 Å². The predicted octanol–water partition coefficient (Wildman–Crippen LogP) is 4.31. The van der Waals surface area contributed by atoms with E-state index < -0.39 is 94.6 Å². The second-order valence-electron chi connectivity index (χ2n) is 12.7. The molecular formula is C37H32F7N7O9. The normalized spacial score (nSPS) is 16.0. The SMILES string of the molecule is CN(C(=O)Oc1c(C(C=NCCOCCOCC(=O)Nc2cccc3c2C(=O)N(C2CCC(=O)NC2=O)C3=O)=NN)cc(C(F)(F)F)cc1C(F)(F)F)c1ccc(F)cc1. The van der Waals surface area contributed by atoms with E-state index in [-0.39, 0.29) is 73.8 Å². The summed E-state index contributed by atoms with van der Waals surface area (Å²) in [5.74, 6) is -0.375. The molecule has 3 aromatic rings. The maximum absolute atomic E-state index is 14.2. The Morgan fingerprint density at radius 1 is 0.967 bits per heavy atom. The highest BCUT2D eigenvalue weighted by Gasteiger charge is 2.46. The number of anilines is 2. The van der Waals surface area contributed by atoms with Gasteiger partial charge in [0.05, 0.1) is 54.3 Å². The average molecular weight is 852 g/mol. The third-order valence-corrected chi connectivity index (χ3v) is 8.74. The minimum atomic E-state index is -5.48. The molecule has 16 nitrogen and oxygen atoms in total. The first kappa shape index (κ1) is 44.4. The lowest BCUT2D eigenvalue weighted by atomic mass is 9.99. The molecule has 1 fully saturated rings. The number of imide groups is 2. The maximum Gasteiger partial charge on any atom is 0.420 e. The number of halogens is 7. The molecule has 0 bridgehead atoms. The van der Waals surface area contributed by atoms with Crippen LogP contribution in [0, 0.1) is 5.82 Å². The molecule has 0 radical (unpaired) electrons. The van der Waals surface area contributed by atoms with Crippen LogP contribution >= 0.6 is 0 Å². The Bertz CT molecular complexity index is 2250. The van der Waals surface area contributed by atoms with E-state index in [9.17, 15) is 59.5 Å². The van der Waals surface area contributed by atoms with Crippen LogP contribution in [0.5, 0.6) is 5.75 Å². The highest BCUT2D eigenvalue weighted by atomic mass is 19.4. The molecule has 6 amide bonds. The Morgan fingerprint density at radius 3 is 2.32 bits per heavy atom. The van der Waals surface area contributed by atoms with E-state index in [1.807, 2.05) is 0 Å². The fourth-order valence-electron chi connectivity index (χ4n) is 5.86. The summed E-state index contributed by atoms with van der Waals surface area (Å²) in [5, 5.41) is 7.83. The lowest BCUT2D eigenvalue weighted by Gasteiger charge is -2.27. The van der Waals surface area contributed by atoms with Gasteiger partial charge in [0, 0.05) is 30.9 Å². The quantitative estimate of drug-likeness (QED) is 0.0523. The number of rotatable bonds is 14. The fraction of sp³-hybridized carbons (Fsp3) is 0.297. The third-order valence-electron chi connectivity index (χ3n) is 8.74. The number of fused-ring (bicyclic) bond motifs is 1. The van der Waals surface area contributed by atoms with E-state index in [1.165, 1.54) is 18.2 Å². The van der Waals surface area contributed by atoms with E-state index in [1.54, 1.807) is 0 Å². The van der Waals surface area contributed by atoms with Crippen LogP contribution in [0.2, 0.25) is 0 Å². The predicted molar refractivity (Wildman–Crippen MR) is 195 cm³/mol. The number of ether oxygens (including phenoxy) is 3. The van der Waals surface area contributed by atoms with Crippen LogP contribution in [0.25, 0.3) is 0 Å². The van der Waals surface area contributed by atoms with Crippen molar-refractivity contribution in [1.29, 1.82) is 0 Å². The van der Waals surface area contributed by atoms with Gasteiger partial charge < -0.3 is 25.4 Å². The molecule has 0 aromatic heterocycles. The molecule has 2 aliphatic heterocycles. The summed E-state index contributed by atoms with van der Waals surface area (Å²) < 4.78 is 113. The van der Waals surface area contributed by atoms with Gasteiger partial charge in [0.1, 0.15) is 24.2 Å². The van der Waals surface area contributed by atoms with Gasteiger partial charge in [0.15, 0.2) is 5.75 Å². The second kappa shape index (κ2) is 18.4. The van der Waals surface area contributed by atoms with Gasteiger partial charge in [0.2, 0.25) is 17.7 Å². The zero-order chi connectivity index (χ0) is 43.9. The number of hydrogen-bond donors (Lipinski definition) is 3. The monoisotopic (exact) mass is 851 g/mol. The highest BCUT2D eigenvalue weighted by Crippen LogP contribution is 2.43. The number of piperidine rings is 1. The lowest BCUT2D eigenvalue weighted by molar-refractivity contribution is -0.144. The maximum atomic E-state index is 14.2. The summed E-state index contributed by atoms with van der Waals surface area (Å²) in [4.78, 5) is 80.9. The summed E-state index contributed by atoms with van der Waals surface area (Å²) in [6, 6.07) is 7.03. The average Bonchev–Trinajstić information content (AvgIpc) is 3.44. The van der Waals surface area contributed by atoms with Crippen molar-refractivity contribution < 1.29 is 73.7 Å². The zero-order valence-electron chi connectivity index (χ0n) is 31.0. The molecule has 60 heavy (non-hydrogen) atoms. The molecule has 1 unspecified atom stereocenters. The van der Waals surface area contributed by atoms with Crippen molar-refractivity contribution in [3.63, 3.8) is 0 Å². The number of hydrogen-bond acceptors (Lipinski definition) is 12. The summed E-state index contributed by atoms with van der Waals surface area (Å²) in [6.45, 7) is -1.25. The molecule has 23 heteroatoms. The third kappa shape index (κ3) is 10.3. The van der Waals surface area contributed by atoms with Crippen LogP contribution in [0.15, 0.2) is 64.7 Å². The van der Waals surface area contributed by atoms with Crippen molar-refractivity contribution >= 4 is 58.9 Å². The number of carbonyl (C=O) groups is 6. The van der Waals surface area contributed by atoms with E-state index in [4.69, 9.17) is 20.1 Å². The molecule has 2 aliphatic rings. The van der Waals surface area contributed by atoms with Crippen LogP contribution in [-0.4, -0.2) is 98.5 Å². The summed E-state index contributed by atoms with van der Waals surface area (Å²) in [5.41, 5.74) is -5.73. The van der Waals surface area contributed by atoms with E-state index in [0.29, 0.717) is 4.90 Å². The van der Waals surface area contributed by atoms with Gasteiger partial charge in [-0.3, -0.25) is 44.1 Å². The van der Waals surface area contributed by atoms with Gasteiger partial charge in [-0.15, -0.1) is 0 Å². The number of aliphatic imine (C=N–C) groups is 1. The van der Waals surface area contributed by atoms with E-state index >= 15 is 0 Å². The number of hydrazone groups is 1. The molecule has 3 aromatic carbocycles. The Hall–Kier alpha value is -6.75. The minimum Gasteiger partial charge on any atom is -0.409 e. The van der Waals surface area contributed by atoms with Crippen LogP contribution < -0.4 is 26.1 Å². The number of nitrogens with zero attached hydrogens (tertiary/aromatic N) is 4. The Balaban J connectivity index is 1.15. The van der Waals surface area contributed by atoms with Gasteiger partial charge >= 0.3 is 18.4 Å². The molecule has 0 saturated carbocycles. The molecule has 5 rings (SSSR count). The van der Waals surface area contributed by atoms with Crippen molar-refractivity contribution in [3.05, 3.63) is 88.2 Å². The number of carbonyl (C=O) groups excluding carboxylic acids is 6. The molecule has 1 atom stereocenters. The summed E-state index contributed by atoms with van der Waals surface area (Å²) in [6.07, 6.45) is -11.7. The minimum absolute atomic E-state index is 0.0221. The van der Waals surface area contributed by atoms with Gasteiger partial charge in [-0.25, -0.2) is 9.18 Å². The first-order valence-corrected chi connectivity index (χ1v) is 17.4. The number of nitrogens with two attached hydrogens (primary N) is 1. The topological polar surface area (TPSA) is 211 Å². The first-order valence-electron chi connectivity index (χ1n) is 17.4. The zero-order valence-corrected chi connectivity index (χ0v) is 31.0. The van der Waals surface area contributed by atoms with E-state index in [2.05, 4.69) is 20.7 Å². The second-order valence-corrected chi connectivity index (χ2v) is 12.7. The van der Waals surface area contributed by atoms with Crippen LogP contribution in [-0.2, 0) is 36.2 Å². The molecule has 0 spiro atoms. The van der Waals surface area contributed by atoms with Gasteiger partial charge in [-0.2, -0.15) is 31.4 Å². The largest absolute Gasteiger partial charge is 0.420 e. The smallest absolute Gasteiger partial charge is 0.409 e. The summed E-state index contributed by atoms with van der Waals surface area (Å²) >= 11 is 0. The molecule has 1 saturated heterocycles. The fourth-order valence-corrected chi connectivity index (χ4v) is 5.86. The van der Waals surface area contributed by atoms with Crippen molar-refractivity contribution in [3.8, 4) is 5.75 Å². The molecule has 318 valence electrons. The van der Waals surface area contributed by atoms with Crippen molar-refractivity contribution in [2.45, 2.75) is 31.2 Å². The molecule has 2 heterocycles. The van der Waals surface area contributed by atoms with Gasteiger partial charge in [0.25, 0.3) is 11.8 Å². The van der Waals surface area contributed by atoms with Crippen molar-refractivity contribution in [2.24, 2.45) is 15.9 Å². The number of amides is 6. The van der Waals surface area contributed by atoms with Crippen LogP contribution in [0.3, 0.4) is 0 Å². The van der Waals surface area contributed by atoms with Crippen LogP contribution in [0.4, 0.5) is 46.9 Å². The Labute approximate surface area is 334 Å². The Kier molecular flexibility index (Phi) is 13.6. The van der Waals surface area contributed by atoms with Crippen LogP contribution in [0.1, 0.15) is 50.2 Å². The first-order chi connectivity index (χ1) is 28.3. The standard InChI is InChI=1S/C37H32F7N7O9/c1-50(21-7-5-20(38)6-8-21)35(57)60-31-23(15-19(36(39,40)41)16-24(31)37(42,43)44)26(49-45)17-46-11-12-58-13-14-59-18-29(53)47-25-4-2-3-22-30(25)34(56)51(33(22)55)27-9-10-28(52)48-32(27)54/h2-8,15-17,27H,9-14,18,45H2,1H3,(H,47,53)(H,48,52,54). The van der Waals surface area contributed by atoms with E-state index in [0.717, 1.165) is 42.4 Å². The van der Waals surface area contributed by atoms with Gasteiger partial charge in [-0.1, -0.05) is 6.07 Å². The lowest BCUT2D eigenvalue weighted by Crippen LogP contribution is -2.54.